The summed E-state index contributed by atoms with van der Waals surface area (Å²) in [5, 5.41) is 3.66. The van der Waals surface area contributed by atoms with E-state index in [4.69, 9.17) is 0 Å². The van der Waals surface area contributed by atoms with Crippen LogP contribution in [0, 0.1) is 11.3 Å². The average Bonchev–Trinajstić information content (AvgIpc) is 2.78. The van der Waals surface area contributed by atoms with Crippen molar-refractivity contribution in [3.05, 3.63) is 30.1 Å². The summed E-state index contributed by atoms with van der Waals surface area (Å²) in [6.07, 6.45) is 10.8. The van der Waals surface area contributed by atoms with Gasteiger partial charge in [-0.3, -0.25) is 4.98 Å². The van der Waals surface area contributed by atoms with Crippen LogP contribution in [-0.4, -0.2) is 11.5 Å². The molecule has 0 bridgehead atoms. The third-order valence-corrected chi connectivity index (χ3v) is 4.08. The molecular formula is C16H26N2. The first-order chi connectivity index (χ1) is 8.70. The molecule has 0 spiro atoms. The molecule has 2 nitrogen and oxygen atoms in total. The maximum Gasteiger partial charge on any atom is 0.0271 e. The minimum atomic E-state index is 0.571. The number of nitrogens with one attached hydrogen (secondary N) is 1. The van der Waals surface area contributed by atoms with Gasteiger partial charge in [-0.15, -0.1) is 0 Å². The first-order valence-electron chi connectivity index (χ1n) is 7.30. The van der Waals surface area contributed by atoms with Gasteiger partial charge in [0.15, 0.2) is 0 Å². The van der Waals surface area contributed by atoms with Gasteiger partial charge in [0.25, 0.3) is 0 Å². The smallest absolute Gasteiger partial charge is 0.0271 e. The van der Waals surface area contributed by atoms with E-state index < -0.39 is 0 Å². The highest BCUT2D eigenvalue weighted by Gasteiger charge is 2.33. The topological polar surface area (TPSA) is 24.9 Å². The molecule has 0 amide bonds. The molecule has 0 radical (unpaired) electrons. The molecule has 1 heterocycles. The normalized spacial score (nSPS) is 18.4. The lowest BCUT2D eigenvalue weighted by Gasteiger charge is -2.31. The largest absolute Gasteiger partial charge is 0.312 e. The molecule has 100 valence electrons. The molecule has 0 unspecified atom stereocenters. The second-order valence-corrected chi connectivity index (χ2v) is 6.26. The van der Waals surface area contributed by atoms with E-state index >= 15 is 0 Å². The maximum atomic E-state index is 4.06. The SMILES string of the molecule is CC(C)CC1(CNCc2ccncc2)CCCC1. The van der Waals surface area contributed by atoms with E-state index in [9.17, 15) is 0 Å². The number of hydrogen-bond donors (Lipinski definition) is 1. The third kappa shape index (κ3) is 3.81. The minimum absolute atomic E-state index is 0.571. The Bertz CT molecular complexity index is 339. The highest BCUT2D eigenvalue weighted by molar-refractivity contribution is 5.09. The van der Waals surface area contributed by atoms with Gasteiger partial charge in [-0.1, -0.05) is 26.7 Å². The Morgan fingerprint density at radius 3 is 2.50 bits per heavy atom. The van der Waals surface area contributed by atoms with Crippen molar-refractivity contribution >= 4 is 0 Å². The number of nitrogens with zero attached hydrogens (tertiary/aromatic N) is 1. The summed E-state index contributed by atoms with van der Waals surface area (Å²) >= 11 is 0. The molecule has 1 aliphatic carbocycles. The molecule has 1 N–H and O–H groups in total. The fourth-order valence-corrected chi connectivity index (χ4v) is 3.42. The van der Waals surface area contributed by atoms with Gasteiger partial charge in [0.05, 0.1) is 0 Å². The van der Waals surface area contributed by atoms with Crippen LogP contribution in [0.25, 0.3) is 0 Å². The van der Waals surface area contributed by atoms with Gasteiger partial charge in [0, 0.05) is 25.5 Å². The number of pyridine rings is 1. The van der Waals surface area contributed by atoms with Gasteiger partial charge >= 0.3 is 0 Å². The van der Waals surface area contributed by atoms with E-state index in [2.05, 4.69) is 36.3 Å². The summed E-state index contributed by atoms with van der Waals surface area (Å²) < 4.78 is 0. The third-order valence-electron chi connectivity index (χ3n) is 4.08. The van der Waals surface area contributed by atoms with E-state index in [0.717, 1.165) is 12.5 Å². The Morgan fingerprint density at radius 1 is 1.22 bits per heavy atom. The molecule has 1 aromatic heterocycles. The highest BCUT2D eigenvalue weighted by Crippen LogP contribution is 2.42. The fraction of sp³-hybridized carbons (Fsp3) is 0.688. The standard InChI is InChI=1S/C16H26N2/c1-14(2)11-16(7-3-4-8-16)13-18-12-15-5-9-17-10-6-15/h5-6,9-10,14,18H,3-4,7-8,11-13H2,1-2H3. The van der Waals surface area contributed by atoms with Crippen molar-refractivity contribution in [3.8, 4) is 0 Å². The molecule has 2 heteroatoms. The summed E-state index contributed by atoms with van der Waals surface area (Å²) in [5.41, 5.74) is 1.91. The lowest BCUT2D eigenvalue weighted by atomic mass is 9.78. The predicted octanol–water partition coefficient (Wildman–Crippen LogP) is 3.78. The Labute approximate surface area is 111 Å². The van der Waals surface area contributed by atoms with Crippen molar-refractivity contribution < 1.29 is 0 Å². The van der Waals surface area contributed by atoms with Crippen LogP contribution in [0.5, 0.6) is 0 Å². The van der Waals surface area contributed by atoms with Crippen molar-refractivity contribution in [3.63, 3.8) is 0 Å². The van der Waals surface area contributed by atoms with E-state index in [-0.39, 0.29) is 0 Å². The van der Waals surface area contributed by atoms with Crippen molar-refractivity contribution in [2.75, 3.05) is 6.54 Å². The van der Waals surface area contributed by atoms with Crippen molar-refractivity contribution in [2.45, 2.75) is 52.5 Å². The van der Waals surface area contributed by atoms with E-state index in [0.29, 0.717) is 5.41 Å². The molecular weight excluding hydrogens is 220 g/mol. The average molecular weight is 246 g/mol. The van der Waals surface area contributed by atoms with Crippen LogP contribution in [0.15, 0.2) is 24.5 Å². The lowest BCUT2D eigenvalue weighted by molar-refractivity contribution is 0.223. The maximum absolute atomic E-state index is 4.06. The van der Waals surface area contributed by atoms with Gasteiger partial charge in [0.1, 0.15) is 0 Å². The van der Waals surface area contributed by atoms with Crippen molar-refractivity contribution in [1.82, 2.24) is 10.3 Å². The Balaban J connectivity index is 1.83. The van der Waals surface area contributed by atoms with Gasteiger partial charge in [-0.05, 0) is 48.3 Å². The van der Waals surface area contributed by atoms with Crippen LogP contribution in [-0.2, 0) is 6.54 Å². The van der Waals surface area contributed by atoms with Crippen molar-refractivity contribution in [1.29, 1.82) is 0 Å². The minimum Gasteiger partial charge on any atom is -0.312 e. The lowest BCUT2D eigenvalue weighted by Crippen LogP contribution is -2.33. The first-order valence-corrected chi connectivity index (χ1v) is 7.30. The summed E-state index contributed by atoms with van der Waals surface area (Å²) in [4.78, 5) is 4.06. The van der Waals surface area contributed by atoms with Crippen LogP contribution in [0.1, 0.15) is 51.5 Å². The summed E-state index contributed by atoms with van der Waals surface area (Å²) in [6.45, 7) is 6.85. The number of hydrogen-bond acceptors (Lipinski definition) is 2. The zero-order chi connectivity index (χ0) is 12.8. The van der Waals surface area contributed by atoms with E-state index in [1.54, 1.807) is 0 Å². The Hall–Kier alpha value is -0.890. The molecule has 1 saturated carbocycles. The van der Waals surface area contributed by atoms with Gasteiger partial charge in [0.2, 0.25) is 0 Å². The van der Waals surface area contributed by atoms with Crippen LogP contribution in [0.3, 0.4) is 0 Å². The first kappa shape index (κ1) is 13.5. The van der Waals surface area contributed by atoms with E-state index in [1.807, 2.05) is 12.4 Å². The molecule has 0 aromatic carbocycles. The summed E-state index contributed by atoms with van der Waals surface area (Å²) in [5.74, 6) is 0.811. The molecule has 0 aliphatic heterocycles. The predicted molar refractivity (Wildman–Crippen MR) is 76.3 cm³/mol. The summed E-state index contributed by atoms with van der Waals surface area (Å²) in [7, 11) is 0. The highest BCUT2D eigenvalue weighted by atomic mass is 14.9. The Morgan fingerprint density at radius 2 is 1.89 bits per heavy atom. The van der Waals surface area contributed by atoms with Crippen LogP contribution >= 0.6 is 0 Å². The second kappa shape index (κ2) is 6.33. The molecule has 0 atom stereocenters. The Kier molecular flexibility index (Phi) is 4.76. The molecule has 1 aliphatic rings. The molecule has 1 fully saturated rings. The fourth-order valence-electron chi connectivity index (χ4n) is 3.42. The van der Waals surface area contributed by atoms with Crippen LogP contribution in [0.2, 0.25) is 0 Å². The van der Waals surface area contributed by atoms with Crippen molar-refractivity contribution in [2.24, 2.45) is 11.3 Å². The molecule has 18 heavy (non-hydrogen) atoms. The molecule has 2 rings (SSSR count). The van der Waals surface area contributed by atoms with Gasteiger partial charge in [-0.2, -0.15) is 0 Å². The summed E-state index contributed by atoms with van der Waals surface area (Å²) in [6, 6.07) is 4.19. The van der Waals surface area contributed by atoms with Crippen LogP contribution < -0.4 is 5.32 Å². The molecule has 0 saturated heterocycles. The zero-order valence-electron chi connectivity index (χ0n) is 11.8. The van der Waals surface area contributed by atoms with Crippen LogP contribution in [0.4, 0.5) is 0 Å². The molecule has 1 aromatic rings. The van der Waals surface area contributed by atoms with E-state index in [1.165, 1.54) is 44.2 Å². The zero-order valence-corrected chi connectivity index (χ0v) is 11.8. The number of rotatable bonds is 6. The quantitative estimate of drug-likeness (QED) is 0.826. The van der Waals surface area contributed by atoms with Gasteiger partial charge in [-0.25, -0.2) is 0 Å². The second-order valence-electron chi connectivity index (χ2n) is 6.26. The monoisotopic (exact) mass is 246 g/mol. The van der Waals surface area contributed by atoms with Gasteiger partial charge < -0.3 is 5.32 Å². The number of aromatic nitrogens is 1.